The van der Waals surface area contributed by atoms with E-state index < -0.39 is 15.6 Å². The zero-order valence-corrected chi connectivity index (χ0v) is 12.9. The van der Waals surface area contributed by atoms with Crippen LogP contribution in [0.4, 0.5) is 5.95 Å². The number of anilines is 1. The average Bonchev–Trinajstić information content (AvgIpc) is 2.99. The lowest BCUT2D eigenvalue weighted by molar-refractivity contribution is 0.558. The highest BCUT2D eigenvalue weighted by Crippen LogP contribution is 2.36. The Morgan fingerprint density at radius 1 is 1.36 bits per heavy atom. The van der Waals surface area contributed by atoms with Crippen molar-refractivity contribution in [1.82, 2.24) is 14.3 Å². The highest BCUT2D eigenvalue weighted by atomic mass is 32.2. The van der Waals surface area contributed by atoms with Crippen LogP contribution in [0.15, 0.2) is 27.9 Å². The van der Waals surface area contributed by atoms with Crippen molar-refractivity contribution < 1.29 is 8.42 Å². The fourth-order valence-electron chi connectivity index (χ4n) is 2.73. The summed E-state index contributed by atoms with van der Waals surface area (Å²) < 4.78 is 29.4. The predicted octanol–water partition coefficient (Wildman–Crippen LogP) is 0.653. The SMILES string of the molecule is CC1(NS(=O)(=O)c2ccc3c(c2)c(=O)nc2n3CCN2)CC1. The van der Waals surface area contributed by atoms with Crippen LogP contribution in [-0.4, -0.2) is 30.1 Å². The first-order valence-electron chi connectivity index (χ1n) is 7.21. The zero-order valence-electron chi connectivity index (χ0n) is 12.1. The molecule has 1 aliphatic carbocycles. The Kier molecular flexibility index (Phi) is 2.68. The van der Waals surface area contributed by atoms with E-state index in [1.165, 1.54) is 6.07 Å². The molecule has 0 unspecified atom stereocenters. The second kappa shape index (κ2) is 4.30. The summed E-state index contributed by atoms with van der Waals surface area (Å²) in [5, 5.41) is 3.37. The van der Waals surface area contributed by atoms with E-state index in [2.05, 4.69) is 15.0 Å². The monoisotopic (exact) mass is 320 g/mol. The Labute approximate surface area is 127 Å². The van der Waals surface area contributed by atoms with Crippen molar-refractivity contribution in [3.8, 4) is 0 Å². The lowest BCUT2D eigenvalue weighted by Crippen LogP contribution is -2.34. The van der Waals surface area contributed by atoms with Gasteiger partial charge in [-0.15, -0.1) is 0 Å². The van der Waals surface area contributed by atoms with Crippen molar-refractivity contribution >= 4 is 26.9 Å². The van der Waals surface area contributed by atoms with E-state index in [0.29, 0.717) is 29.9 Å². The van der Waals surface area contributed by atoms with Gasteiger partial charge in [-0.2, -0.15) is 4.98 Å². The molecule has 0 amide bonds. The van der Waals surface area contributed by atoms with Crippen molar-refractivity contribution in [2.45, 2.75) is 36.7 Å². The van der Waals surface area contributed by atoms with Crippen LogP contribution in [0.3, 0.4) is 0 Å². The number of benzene rings is 1. The number of fused-ring (bicyclic) bond motifs is 3. The van der Waals surface area contributed by atoms with Crippen LogP contribution in [0.5, 0.6) is 0 Å². The van der Waals surface area contributed by atoms with Gasteiger partial charge in [0.05, 0.1) is 15.8 Å². The summed E-state index contributed by atoms with van der Waals surface area (Å²) in [5.41, 5.74) is -0.0509. The number of aromatic nitrogens is 2. The maximum atomic E-state index is 12.4. The summed E-state index contributed by atoms with van der Waals surface area (Å²) in [4.78, 5) is 16.2. The van der Waals surface area contributed by atoms with Gasteiger partial charge in [-0.05, 0) is 38.0 Å². The van der Waals surface area contributed by atoms with Gasteiger partial charge < -0.3 is 9.88 Å². The Morgan fingerprint density at radius 3 is 2.86 bits per heavy atom. The van der Waals surface area contributed by atoms with Crippen LogP contribution < -0.4 is 15.6 Å². The molecule has 0 atom stereocenters. The first-order chi connectivity index (χ1) is 10.4. The zero-order chi connectivity index (χ0) is 15.5. The lowest BCUT2D eigenvalue weighted by atomic mass is 10.2. The molecule has 0 bridgehead atoms. The highest BCUT2D eigenvalue weighted by Gasteiger charge is 2.41. The molecule has 116 valence electrons. The smallest absolute Gasteiger partial charge is 0.282 e. The van der Waals surface area contributed by atoms with E-state index in [1.54, 1.807) is 12.1 Å². The third kappa shape index (κ3) is 2.10. The summed E-state index contributed by atoms with van der Waals surface area (Å²) in [6.07, 6.45) is 1.67. The minimum atomic E-state index is -3.62. The van der Waals surface area contributed by atoms with Crippen LogP contribution in [-0.2, 0) is 16.6 Å². The number of sulfonamides is 1. The first-order valence-corrected chi connectivity index (χ1v) is 8.69. The number of nitrogens with zero attached hydrogens (tertiary/aromatic N) is 2. The number of hydrogen-bond donors (Lipinski definition) is 2. The van der Waals surface area contributed by atoms with Crippen LogP contribution in [0, 0.1) is 0 Å². The van der Waals surface area contributed by atoms with E-state index >= 15 is 0 Å². The molecule has 1 fully saturated rings. The van der Waals surface area contributed by atoms with Crippen LogP contribution in [0.2, 0.25) is 0 Å². The van der Waals surface area contributed by atoms with Crippen molar-refractivity contribution in [1.29, 1.82) is 0 Å². The average molecular weight is 320 g/mol. The second-order valence-electron chi connectivity index (χ2n) is 6.16. The molecule has 1 saturated carbocycles. The van der Waals surface area contributed by atoms with Gasteiger partial charge in [-0.25, -0.2) is 13.1 Å². The van der Waals surface area contributed by atoms with Crippen molar-refractivity contribution in [3.05, 3.63) is 28.6 Å². The van der Waals surface area contributed by atoms with Crippen molar-refractivity contribution in [3.63, 3.8) is 0 Å². The third-order valence-electron chi connectivity index (χ3n) is 4.26. The molecule has 0 saturated heterocycles. The minimum Gasteiger partial charge on any atom is -0.354 e. The van der Waals surface area contributed by atoms with Crippen molar-refractivity contribution in [2.75, 3.05) is 11.9 Å². The summed E-state index contributed by atoms with van der Waals surface area (Å²) in [6.45, 7) is 3.30. The fraction of sp³-hybridized carbons (Fsp3) is 0.429. The summed E-state index contributed by atoms with van der Waals surface area (Å²) in [7, 11) is -3.62. The van der Waals surface area contributed by atoms with Gasteiger partial charge in [-0.1, -0.05) is 0 Å². The first kappa shape index (κ1) is 13.7. The van der Waals surface area contributed by atoms with Gasteiger partial charge in [0, 0.05) is 18.6 Å². The van der Waals surface area contributed by atoms with E-state index in [4.69, 9.17) is 0 Å². The molecule has 4 rings (SSSR count). The minimum absolute atomic E-state index is 0.110. The lowest BCUT2D eigenvalue weighted by Gasteiger charge is -2.13. The Balaban J connectivity index is 1.86. The molecule has 2 heterocycles. The molecule has 1 aliphatic heterocycles. The normalized spacial score (nSPS) is 19.0. The van der Waals surface area contributed by atoms with E-state index in [1.807, 2.05) is 11.5 Å². The number of hydrogen-bond acceptors (Lipinski definition) is 5. The third-order valence-corrected chi connectivity index (χ3v) is 5.90. The molecule has 1 aromatic carbocycles. The number of rotatable bonds is 3. The fourth-order valence-corrected chi connectivity index (χ4v) is 4.22. The molecule has 7 nitrogen and oxygen atoms in total. The Hall–Kier alpha value is -1.93. The Bertz CT molecular complexity index is 944. The van der Waals surface area contributed by atoms with Gasteiger partial charge in [0.25, 0.3) is 5.56 Å². The standard InChI is InChI=1S/C14H16N4O3S/c1-14(4-5-14)17-22(20,21)9-2-3-11-10(8-9)12(19)16-13-15-6-7-18(11)13/h2-3,8,17H,4-7H2,1H3,(H,15,16,19). The van der Waals surface area contributed by atoms with Gasteiger partial charge >= 0.3 is 0 Å². The van der Waals surface area contributed by atoms with Crippen LogP contribution in [0.25, 0.3) is 10.9 Å². The molecule has 0 spiro atoms. The molecular formula is C14H16N4O3S. The van der Waals surface area contributed by atoms with Gasteiger partial charge in [0.1, 0.15) is 0 Å². The molecule has 8 heteroatoms. The summed E-state index contributed by atoms with van der Waals surface area (Å²) in [6, 6.07) is 4.64. The molecule has 22 heavy (non-hydrogen) atoms. The maximum Gasteiger partial charge on any atom is 0.282 e. The van der Waals surface area contributed by atoms with Gasteiger partial charge in [0.15, 0.2) is 0 Å². The van der Waals surface area contributed by atoms with Crippen LogP contribution in [0.1, 0.15) is 19.8 Å². The molecule has 2 aromatic rings. The topological polar surface area (TPSA) is 93.1 Å². The van der Waals surface area contributed by atoms with E-state index in [-0.39, 0.29) is 10.4 Å². The highest BCUT2D eigenvalue weighted by molar-refractivity contribution is 7.89. The number of nitrogens with one attached hydrogen (secondary N) is 2. The van der Waals surface area contributed by atoms with Crippen LogP contribution >= 0.6 is 0 Å². The molecule has 1 aromatic heterocycles. The quantitative estimate of drug-likeness (QED) is 0.866. The Morgan fingerprint density at radius 2 is 2.14 bits per heavy atom. The van der Waals surface area contributed by atoms with E-state index in [9.17, 15) is 13.2 Å². The second-order valence-corrected chi connectivity index (χ2v) is 7.85. The van der Waals surface area contributed by atoms with Crippen molar-refractivity contribution in [2.24, 2.45) is 0 Å². The maximum absolute atomic E-state index is 12.4. The molecule has 0 radical (unpaired) electrons. The van der Waals surface area contributed by atoms with E-state index in [0.717, 1.165) is 12.8 Å². The molecule has 2 aliphatic rings. The molecule has 2 N–H and O–H groups in total. The van der Waals surface area contributed by atoms with Gasteiger partial charge in [0.2, 0.25) is 16.0 Å². The predicted molar refractivity (Wildman–Crippen MR) is 82.5 cm³/mol. The molecular weight excluding hydrogens is 304 g/mol. The summed E-state index contributed by atoms with van der Waals surface area (Å²) in [5.74, 6) is 0.539. The summed E-state index contributed by atoms with van der Waals surface area (Å²) >= 11 is 0. The largest absolute Gasteiger partial charge is 0.354 e. The van der Waals surface area contributed by atoms with Gasteiger partial charge in [-0.3, -0.25) is 4.79 Å².